The molecule has 13 heteroatoms. The molecule has 0 aromatic carbocycles. The zero-order valence-electron chi connectivity index (χ0n) is 24.1. The second-order valence-electron chi connectivity index (χ2n) is 11.2. The van der Waals surface area contributed by atoms with Crippen molar-refractivity contribution in [1.29, 1.82) is 0 Å². The molecular weight excluding hydrogens is 543 g/mol. The number of aromatic nitrogens is 2. The lowest BCUT2D eigenvalue weighted by Crippen LogP contribution is -2.44. The summed E-state index contributed by atoms with van der Waals surface area (Å²) in [4.78, 5) is 34.7. The third kappa shape index (κ3) is 10.3. The van der Waals surface area contributed by atoms with E-state index >= 15 is 0 Å². The van der Waals surface area contributed by atoms with Crippen molar-refractivity contribution in [3.05, 3.63) is 40.7 Å². The Bertz CT molecular complexity index is 1180. The lowest BCUT2D eigenvalue weighted by molar-refractivity contribution is -0.153. The molecule has 0 saturated carbocycles. The summed E-state index contributed by atoms with van der Waals surface area (Å²) in [5.74, 6) is -3.55. The molecule has 228 valence electrons. The number of nitrogens with one attached hydrogen (secondary N) is 2. The molecule has 2 aromatic rings. The van der Waals surface area contributed by atoms with E-state index in [2.05, 4.69) is 32.2 Å². The Hall–Kier alpha value is -3.19. The van der Waals surface area contributed by atoms with Crippen molar-refractivity contribution in [3.8, 4) is 0 Å². The second kappa shape index (κ2) is 14.1. The zero-order chi connectivity index (χ0) is 30.2. The predicted octanol–water partition coefficient (Wildman–Crippen LogP) is 4.47. The van der Waals surface area contributed by atoms with E-state index in [1.54, 1.807) is 0 Å². The number of carbonyl (C=O) groups excluding carboxylic acids is 1. The SMILES string of the molecule is Cc1nc(C(=O)NC(CCN(CCCCc2ccc3c(n2)NCCC3)CCOC(C)(C)C)C(=O)O)c(C(F)(F)F)o1. The van der Waals surface area contributed by atoms with Gasteiger partial charge in [0.15, 0.2) is 11.6 Å². The van der Waals surface area contributed by atoms with Crippen LogP contribution in [0.15, 0.2) is 16.5 Å². The highest BCUT2D eigenvalue weighted by molar-refractivity contribution is 5.95. The Kier molecular flexibility index (Phi) is 11.1. The predicted molar refractivity (Wildman–Crippen MR) is 146 cm³/mol. The third-order valence-corrected chi connectivity index (χ3v) is 6.60. The highest BCUT2D eigenvalue weighted by atomic mass is 19.4. The van der Waals surface area contributed by atoms with Crippen molar-refractivity contribution in [2.45, 2.75) is 84.0 Å². The molecule has 1 amide bonds. The lowest BCUT2D eigenvalue weighted by Gasteiger charge is -2.26. The van der Waals surface area contributed by atoms with Crippen LogP contribution in [0.5, 0.6) is 0 Å². The molecule has 1 unspecified atom stereocenters. The zero-order valence-corrected chi connectivity index (χ0v) is 24.1. The van der Waals surface area contributed by atoms with Gasteiger partial charge < -0.3 is 29.8 Å². The molecule has 0 saturated heterocycles. The van der Waals surface area contributed by atoms with Crippen LogP contribution in [-0.4, -0.2) is 76.3 Å². The van der Waals surface area contributed by atoms with E-state index < -0.39 is 35.5 Å². The van der Waals surface area contributed by atoms with Crippen LogP contribution < -0.4 is 10.6 Å². The summed E-state index contributed by atoms with van der Waals surface area (Å²) in [6.45, 7) is 9.80. The van der Waals surface area contributed by atoms with Crippen LogP contribution in [0, 0.1) is 6.92 Å². The maximum absolute atomic E-state index is 13.2. The van der Waals surface area contributed by atoms with Gasteiger partial charge in [-0.2, -0.15) is 13.2 Å². The number of oxazole rings is 1. The number of anilines is 1. The normalized spacial score (nSPS) is 14.4. The molecular formula is C28H40F3N5O5. The quantitative estimate of drug-likeness (QED) is 0.276. The van der Waals surface area contributed by atoms with Crippen LogP contribution in [0.25, 0.3) is 0 Å². The lowest BCUT2D eigenvalue weighted by atomic mass is 10.1. The second-order valence-corrected chi connectivity index (χ2v) is 11.2. The Labute approximate surface area is 238 Å². The number of hydrogen-bond donors (Lipinski definition) is 3. The summed E-state index contributed by atoms with van der Waals surface area (Å²) in [6, 6.07) is 2.76. The van der Waals surface area contributed by atoms with Crippen LogP contribution >= 0.6 is 0 Å². The molecule has 0 aliphatic carbocycles. The fourth-order valence-corrected chi connectivity index (χ4v) is 4.53. The summed E-state index contributed by atoms with van der Waals surface area (Å²) in [5, 5.41) is 15.2. The van der Waals surface area contributed by atoms with Gasteiger partial charge in [0, 0.05) is 32.3 Å². The molecule has 0 spiro atoms. The Morgan fingerprint density at radius 1 is 1.17 bits per heavy atom. The number of halogens is 3. The molecule has 1 aliphatic rings. The summed E-state index contributed by atoms with van der Waals surface area (Å²) >= 11 is 0. The summed E-state index contributed by atoms with van der Waals surface area (Å²) in [5.41, 5.74) is 0.915. The number of fused-ring (bicyclic) bond motifs is 1. The number of amides is 1. The molecule has 41 heavy (non-hydrogen) atoms. The van der Waals surface area contributed by atoms with Crippen LogP contribution in [0.4, 0.5) is 19.0 Å². The van der Waals surface area contributed by atoms with Gasteiger partial charge in [-0.15, -0.1) is 0 Å². The van der Waals surface area contributed by atoms with E-state index in [0.717, 1.165) is 50.2 Å². The molecule has 1 aliphatic heterocycles. The summed E-state index contributed by atoms with van der Waals surface area (Å²) in [6.07, 6.45) is -0.348. The minimum absolute atomic E-state index is 0.0210. The van der Waals surface area contributed by atoms with Gasteiger partial charge in [0.1, 0.15) is 11.9 Å². The summed E-state index contributed by atoms with van der Waals surface area (Å²) < 4.78 is 50.1. The van der Waals surface area contributed by atoms with Gasteiger partial charge in [-0.3, -0.25) is 4.79 Å². The third-order valence-electron chi connectivity index (χ3n) is 6.60. The first kappa shape index (κ1) is 32.3. The molecule has 0 fully saturated rings. The van der Waals surface area contributed by atoms with E-state index in [1.165, 1.54) is 12.5 Å². The molecule has 10 nitrogen and oxygen atoms in total. The van der Waals surface area contributed by atoms with Gasteiger partial charge in [0.2, 0.25) is 5.76 Å². The van der Waals surface area contributed by atoms with Gasteiger partial charge in [-0.1, -0.05) is 6.07 Å². The highest BCUT2D eigenvalue weighted by Crippen LogP contribution is 2.32. The fraction of sp³-hybridized carbons (Fsp3) is 0.643. The molecule has 3 N–H and O–H groups in total. The minimum Gasteiger partial charge on any atom is -0.480 e. The van der Waals surface area contributed by atoms with Crippen molar-refractivity contribution in [3.63, 3.8) is 0 Å². The fourth-order valence-electron chi connectivity index (χ4n) is 4.53. The number of carboxylic acids is 1. The van der Waals surface area contributed by atoms with E-state index in [0.29, 0.717) is 19.7 Å². The maximum atomic E-state index is 13.2. The van der Waals surface area contributed by atoms with Gasteiger partial charge in [-0.25, -0.2) is 14.8 Å². The number of hydrogen-bond acceptors (Lipinski definition) is 8. The number of unbranched alkanes of at least 4 members (excludes halogenated alkanes) is 1. The van der Waals surface area contributed by atoms with Gasteiger partial charge in [0.05, 0.1) is 12.2 Å². The van der Waals surface area contributed by atoms with Crippen LogP contribution in [-0.2, 0) is 28.5 Å². The van der Waals surface area contributed by atoms with Crippen molar-refractivity contribution < 1.29 is 37.0 Å². The first-order valence-electron chi connectivity index (χ1n) is 13.9. The number of nitrogens with zero attached hydrogens (tertiary/aromatic N) is 3. The van der Waals surface area contributed by atoms with Gasteiger partial charge in [-0.05, 0) is 77.5 Å². The number of carboxylic acid groups (broad SMARTS) is 1. The van der Waals surface area contributed by atoms with Crippen molar-refractivity contribution in [2.75, 3.05) is 38.1 Å². The standard InChI is InChI=1S/C28H40F3N5O5/c1-18-33-22(23(41-18)28(29,30)31)25(37)35-21(26(38)39)12-15-36(16-17-40-27(2,3)4)14-6-5-9-20-11-10-19-8-7-13-32-24(19)34-20/h10-11,21H,5-9,12-17H2,1-4H3,(H,32,34)(H,35,37)(H,38,39). The molecule has 3 heterocycles. The van der Waals surface area contributed by atoms with Crippen LogP contribution in [0.3, 0.4) is 0 Å². The smallest absolute Gasteiger partial charge is 0.452 e. The Balaban J connectivity index is 1.57. The molecule has 0 radical (unpaired) electrons. The van der Waals surface area contributed by atoms with Crippen LogP contribution in [0.2, 0.25) is 0 Å². The molecule has 3 rings (SSSR count). The average molecular weight is 584 g/mol. The van der Waals surface area contributed by atoms with E-state index in [9.17, 15) is 27.9 Å². The maximum Gasteiger partial charge on any atom is 0.452 e. The highest BCUT2D eigenvalue weighted by Gasteiger charge is 2.42. The number of alkyl halides is 3. The van der Waals surface area contributed by atoms with Crippen LogP contribution in [0.1, 0.15) is 79.9 Å². The van der Waals surface area contributed by atoms with E-state index in [4.69, 9.17) is 9.72 Å². The number of pyridine rings is 1. The summed E-state index contributed by atoms with van der Waals surface area (Å²) in [7, 11) is 0. The van der Waals surface area contributed by atoms with Crippen molar-refractivity contribution >= 4 is 17.7 Å². The largest absolute Gasteiger partial charge is 0.480 e. The first-order chi connectivity index (χ1) is 19.2. The number of rotatable bonds is 14. The van der Waals surface area contributed by atoms with Gasteiger partial charge in [0.25, 0.3) is 5.91 Å². The van der Waals surface area contributed by atoms with E-state index in [1.807, 2.05) is 25.7 Å². The number of carbonyl (C=O) groups is 2. The number of aryl methyl sites for hydroxylation is 3. The van der Waals surface area contributed by atoms with Gasteiger partial charge >= 0.3 is 12.1 Å². The topological polar surface area (TPSA) is 130 Å². The number of aliphatic carboxylic acids is 1. The van der Waals surface area contributed by atoms with Crippen molar-refractivity contribution in [1.82, 2.24) is 20.2 Å². The monoisotopic (exact) mass is 583 g/mol. The average Bonchev–Trinajstić information content (AvgIpc) is 3.30. The first-order valence-corrected chi connectivity index (χ1v) is 13.9. The number of ether oxygens (including phenoxy) is 1. The van der Waals surface area contributed by atoms with E-state index in [-0.39, 0.29) is 24.5 Å². The molecule has 2 aromatic heterocycles. The Morgan fingerprint density at radius 3 is 2.61 bits per heavy atom. The minimum atomic E-state index is -4.94. The molecule has 1 atom stereocenters. The Morgan fingerprint density at radius 2 is 1.93 bits per heavy atom. The molecule has 0 bridgehead atoms. The van der Waals surface area contributed by atoms with Crippen molar-refractivity contribution in [2.24, 2.45) is 0 Å².